The lowest BCUT2D eigenvalue weighted by Gasteiger charge is -2.39. The first-order valence-corrected chi connectivity index (χ1v) is 8.88. The Labute approximate surface area is 143 Å². The Morgan fingerprint density at radius 3 is 2.92 bits per heavy atom. The van der Waals surface area contributed by atoms with Crippen LogP contribution in [-0.4, -0.2) is 30.8 Å². The second-order valence-corrected chi connectivity index (χ2v) is 6.90. The lowest BCUT2D eigenvalue weighted by Crippen LogP contribution is -2.43. The molecule has 0 saturated carbocycles. The summed E-state index contributed by atoms with van der Waals surface area (Å²) in [5, 5.41) is 3.51. The molecule has 0 amide bonds. The van der Waals surface area contributed by atoms with Crippen LogP contribution in [0.15, 0.2) is 36.5 Å². The molecule has 4 heteroatoms. The highest BCUT2D eigenvalue weighted by Crippen LogP contribution is 2.33. The Balaban J connectivity index is 1.59. The normalized spacial score (nSPS) is 23.0. The summed E-state index contributed by atoms with van der Waals surface area (Å²) < 4.78 is 5.55. The molecule has 2 atom stereocenters. The van der Waals surface area contributed by atoms with Crippen LogP contribution >= 0.6 is 0 Å². The zero-order valence-electron chi connectivity index (χ0n) is 14.5. The van der Waals surface area contributed by atoms with Gasteiger partial charge in [-0.1, -0.05) is 6.07 Å². The van der Waals surface area contributed by atoms with Crippen molar-refractivity contribution in [1.82, 2.24) is 4.98 Å². The number of fused-ring (bicyclic) bond motifs is 2. The predicted octanol–water partition coefficient (Wildman–Crippen LogP) is 3.93. The predicted molar refractivity (Wildman–Crippen MR) is 98.2 cm³/mol. The molecule has 4 rings (SSSR count). The van der Waals surface area contributed by atoms with Crippen LogP contribution in [-0.2, 0) is 17.6 Å². The quantitative estimate of drug-likeness (QED) is 0.909. The monoisotopic (exact) mass is 323 g/mol. The van der Waals surface area contributed by atoms with Gasteiger partial charge in [-0.15, -0.1) is 0 Å². The van der Waals surface area contributed by atoms with Gasteiger partial charge in [-0.25, -0.2) is 4.98 Å². The number of nitrogens with one attached hydrogen (secondary N) is 1. The van der Waals surface area contributed by atoms with Gasteiger partial charge < -0.3 is 15.0 Å². The summed E-state index contributed by atoms with van der Waals surface area (Å²) in [5.74, 6) is 0.998. The number of benzene rings is 1. The van der Waals surface area contributed by atoms with Gasteiger partial charge in [0.15, 0.2) is 0 Å². The number of piperidine rings is 1. The molecular weight excluding hydrogens is 298 g/mol. The van der Waals surface area contributed by atoms with Gasteiger partial charge in [0.2, 0.25) is 0 Å². The standard InChI is InChI=1S/C20H25N3O/c1-14-12-18(24-2)9-11-23(14)17-7-8-19-16(13-17)6-5-15-4-3-10-21-20(15)22-19/h3-4,7-8,10,13-14,18H,5-6,9,11-12H2,1-2H3,(H,21,22)/t14-,18?/m1/s1. The van der Waals surface area contributed by atoms with Crippen molar-refractivity contribution in [2.45, 2.75) is 44.8 Å². The zero-order valence-corrected chi connectivity index (χ0v) is 14.5. The van der Waals surface area contributed by atoms with Crippen molar-refractivity contribution < 1.29 is 4.74 Å². The summed E-state index contributed by atoms with van der Waals surface area (Å²) in [6.45, 7) is 3.36. The smallest absolute Gasteiger partial charge is 0.133 e. The SMILES string of the molecule is COC1CCN(c2ccc3c(c2)CCc2cccnc2N3)[C@H](C)C1. The lowest BCUT2D eigenvalue weighted by atomic mass is 9.98. The molecule has 0 bridgehead atoms. The number of hydrogen-bond acceptors (Lipinski definition) is 4. The molecule has 1 aromatic carbocycles. The van der Waals surface area contributed by atoms with E-state index in [0.29, 0.717) is 12.1 Å². The molecule has 1 saturated heterocycles. The molecule has 2 aliphatic rings. The van der Waals surface area contributed by atoms with Gasteiger partial charge in [0, 0.05) is 37.3 Å². The van der Waals surface area contributed by atoms with Crippen LogP contribution in [0.5, 0.6) is 0 Å². The molecule has 24 heavy (non-hydrogen) atoms. The van der Waals surface area contributed by atoms with E-state index >= 15 is 0 Å². The zero-order chi connectivity index (χ0) is 16.5. The highest BCUT2D eigenvalue weighted by atomic mass is 16.5. The fourth-order valence-electron chi connectivity index (χ4n) is 3.96. The topological polar surface area (TPSA) is 37.4 Å². The molecule has 1 fully saturated rings. The second-order valence-electron chi connectivity index (χ2n) is 6.90. The Morgan fingerprint density at radius 1 is 1.21 bits per heavy atom. The summed E-state index contributed by atoms with van der Waals surface area (Å²) in [6.07, 6.45) is 6.55. The van der Waals surface area contributed by atoms with Gasteiger partial charge in [0.05, 0.1) is 6.10 Å². The number of anilines is 3. The highest BCUT2D eigenvalue weighted by molar-refractivity contribution is 5.69. The maximum absolute atomic E-state index is 5.55. The van der Waals surface area contributed by atoms with E-state index in [4.69, 9.17) is 4.74 Å². The summed E-state index contributed by atoms with van der Waals surface area (Å²) in [6, 6.07) is 11.5. The van der Waals surface area contributed by atoms with Gasteiger partial charge >= 0.3 is 0 Å². The molecule has 2 aromatic rings. The molecule has 126 valence electrons. The van der Waals surface area contributed by atoms with Crippen molar-refractivity contribution >= 4 is 17.2 Å². The number of pyridine rings is 1. The van der Waals surface area contributed by atoms with E-state index in [0.717, 1.165) is 38.0 Å². The van der Waals surface area contributed by atoms with E-state index in [1.165, 1.54) is 22.5 Å². The minimum absolute atomic E-state index is 0.402. The maximum atomic E-state index is 5.55. The van der Waals surface area contributed by atoms with Crippen molar-refractivity contribution in [3.8, 4) is 0 Å². The molecule has 4 nitrogen and oxygen atoms in total. The van der Waals surface area contributed by atoms with Gasteiger partial charge in [-0.05, 0) is 68.0 Å². The summed E-state index contributed by atoms with van der Waals surface area (Å²) >= 11 is 0. The van der Waals surface area contributed by atoms with E-state index in [1.807, 2.05) is 19.4 Å². The second kappa shape index (κ2) is 6.44. The number of hydrogen-bond donors (Lipinski definition) is 1. The fourth-order valence-corrected chi connectivity index (χ4v) is 3.96. The molecule has 0 radical (unpaired) electrons. The van der Waals surface area contributed by atoms with Gasteiger partial charge in [0.1, 0.15) is 5.82 Å². The Kier molecular flexibility index (Phi) is 4.15. The Hall–Kier alpha value is -2.07. The van der Waals surface area contributed by atoms with Crippen molar-refractivity contribution in [2.24, 2.45) is 0 Å². The molecule has 0 aliphatic carbocycles. The van der Waals surface area contributed by atoms with Crippen LogP contribution in [0, 0.1) is 0 Å². The summed E-state index contributed by atoms with van der Waals surface area (Å²) in [7, 11) is 1.83. The van der Waals surface area contributed by atoms with Crippen LogP contribution in [0.2, 0.25) is 0 Å². The van der Waals surface area contributed by atoms with Crippen LogP contribution in [0.1, 0.15) is 30.9 Å². The minimum atomic E-state index is 0.402. The van der Waals surface area contributed by atoms with Crippen LogP contribution in [0.4, 0.5) is 17.2 Å². The average molecular weight is 323 g/mol. The number of nitrogens with zero attached hydrogens (tertiary/aromatic N) is 2. The van der Waals surface area contributed by atoms with Crippen LogP contribution < -0.4 is 10.2 Å². The van der Waals surface area contributed by atoms with Gasteiger partial charge in [-0.2, -0.15) is 0 Å². The number of rotatable bonds is 2. The molecule has 1 aromatic heterocycles. The van der Waals surface area contributed by atoms with E-state index in [1.54, 1.807) is 0 Å². The maximum Gasteiger partial charge on any atom is 0.133 e. The molecular formula is C20H25N3O. The average Bonchev–Trinajstić information content (AvgIpc) is 2.80. The highest BCUT2D eigenvalue weighted by Gasteiger charge is 2.26. The number of aryl methyl sites for hydroxylation is 2. The third kappa shape index (κ3) is 2.86. The van der Waals surface area contributed by atoms with Crippen molar-refractivity contribution in [2.75, 3.05) is 23.9 Å². The first-order valence-electron chi connectivity index (χ1n) is 8.88. The molecule has 1 unspecified atom stereocenters. The lowest BCUT2D eigenvalue weighted by molar-refractivity contribution is 0.0721. The third-order valence-corrected chi connectivity index (χ3v) is 5.39. The number of aromatic nitrogens is 1. The van der Waals surface area contributed by atoms with Gasteiger partial charge in [-0.3, -0.25) is 0 Å². The van der Waals surface area contributed by atoms with Crippen molar-refractivity contribution in [3.63, 3.8) is 0 Å². The van der Waals surface area contributed by atoms with Crippen LogP contribution in [0.25, 0.3) is 0 Å². The van der Waals surface area contributed by atoms with E-state index in [2.05, 4.69) is 46.4 Å². The fraction of sp³-hybridized carbons (Fsp3) is 0.450. The summed E-state index contributed by atoms with van der Waals surface area (Å²) in [5.41, 5.74) is 5.20. The first-order chi connectivity index (χ1) is 11.7. The third-order valence-electron chi connectivity index (χ3n) is 5.39. The molecule has 0 spiro atoms. The van der Waals surface area contributed by atoms with Gasteiger partial charge in [0.25, 0.3) is 0 Å². The van der Waals surface area contributed by atoms with Crippen LogP contribution in [0.3, 0.4) is 0 Å². The van der Waals surface area contributed by atoms with Crippen molar-refractivity contribution in [3.05, 3.63) is 47.7 Å². The van der Waals surface area contributed by atoms with E-state index < -0.39 is 0 Å². The largest absolute Gasteiger partial charge is 0.381 e. The van der Waals surface area contributed by atoms with Crippen molar-refractivity contribution in [1.29, 1.82) is 0 Å². The first kappa shape index (κ1) is 15.5. The summed E-state index contributed by atoms with van der Waals surface area (Å²) in [4.78, 5) is 7.00. The molecule has 1 N–H and O–H groups in total. The Bertz CT molecular complexity index is 731. The minimum Gasteiger partial charge on any atom is -0.381 e. The van der Waals surface area contributed by atoms with E-state index in [9.17, 15) is 0 Å². The van der Waals surface area contributed by atoms with E-state index in [-0.39, 0.29) is 0 Å². The molecule has 2 aliphatic heterocycles. The Morgan fingerprint density at radius 2 is 2.08 bits per heavy atom. The number of methoxy groups -OCH3 is 1. The molecule has 3 heterocycles. The number of ether oxygens (including phenoxy) is 1.